The molecule has 0 aliphatic carbocycles. The number of aryl methyl sites for hydroxylation is 1. The Labute approximate surface area is 207 Å². The Morgan fingerprint density at radius 1 is 1.29 bits per heavy atom. The van der Waals surface area contributed by atoms with Crippen molar-refractivity contribution < 1.29 is 23.8 Å². The van der Waals surface area contributed by atoms with E-state index in [4.69, 9.17) is 16.3 Å². The fraction of sp³-hybridized carbons (Fsp3) is 0.320. The first-order chi connectivity index (χ1) is 16.8. The maximum Gasteiger partial charge on any atom is 0.410 e. The largest absolute Gasteiger partial charge is 0.507 e. The molecule has 0 radical (unpaired) electrons. The van der Waals surface area contributed by atoms with Crippen LogP contribution in [0, 0.1) is 5.82 Å². The maximum atomic E-state index is 14.3. The summed E-state index contributed by atoms with van der Waals surface area (Å²) in [6.07, 6.45) is 6.57. The van der Waals surface area contributed by atoms with E-state index < -0.39 is 11.7 Å². The Hall–Kier alpha value is -3.59. The third kappa shape index (κ3) is 5.92. The van der Waals surface area contributed by atoms with Gasteiger partial charge < -0.3 is 20.1 Å². The number of benzene rings is 2. The monoisotopic (exact) mass is 500 g/mol. The molecule has 1 aromatic heterocycles. The van der Waals surface area contributed by atoms with Gasteiger partial charge in [0.05, 0.1) is 17.8 Å². The number of fused-ring (bicyclic) bond motifs is 1. The summed E-state index contributed by atoms with van der Waals surface area (Å²) >= 11 is 5.80. The standard InChI is InChI=1S/C18H15ClFN3O2.C7H11NO2/c1-23-10-12(9-22-23)14-6-16(20)15(7-17(14)24)18(25)21-8-11-2-4-13(19)5-3-11;9-7-8-4-2-1-3-6(8)5-10-7/h2-7,9-10,24H,8H2,1H3,(H,21,25);6H,1-5H2. The Bertz CT molecular complexity index is 1210. The zero-order valence-corrected chi connectivity index (χ0v) is 20.0. The summed E-state index contributed by atoms with van der Waals surface area (Å²) in [5.41, 5.74) is 1.44. The van der Waals surface area contributed by atoms with E-state index in [0.717, 1.165) is 37.1 Å². The van der Waals surface area contributed by atoms with Gasteiger partial charge in [-0.2, -0.15) is 5.10 Å². The molecule has 2 saturated heterocycles. The average Bonchev–Trinajstić information content (AvgIpc) is 3.46. The van der Waals surface area contributed by atoms with Gasteiger partial charge in [0, 0.05) is 42.5 Å². The number of aromatic hydroxyl groups is 1. The number of cyclic esters (lactones) is 1. The van der Waals surface area contributed by atoms with E-state index in [2.05, 4.69) is 10.4 Å². The molecule has 0 saturated carbocycles. The van der Waals surface area contributed by atoms with Gasteiger partial charge in [-0.05, 0) is 49.1 Å². The van der Waals surface area contributed by atoms with Crippen LogP contribution < -0.4 is 5.32 Å². The first kappa shape index (κ1) is 24.5. The molecule has 2 N–H and O–H groups in total. The van der Waals surface area contributed by atoms with Gasteiger partial charge in [0.2, 0.25) is 0 Å². The molecule has 184 valence electrons. The zero-order valence-electron chi connectivity index (χ0n) is 19.2. The van der Waals surface area contributed by atoms with Crippen LogP contribution >= 0.6 is 11.6 Å². The third-order valence-corrected chi connectivity index (χ3v) is 6.23. The topological polar surface area (TPSA) is 96.7 Å². The number of piperidine rings is 1. The summed E-state index contributed by atoms with van der Waals surface area (Å²) in [4.78, 5) is 25.0. The van der Waals surface area contributed by atoms with Crippen LogP contribution in [0.3, 0.4) is 0 Å². The lowest BCUT2D eigenvalue weighted by Crippen LogP contribution is -2.37. The zero-order chi connectivity index (χ0) is 24.9. The lowest BCUT2D eigenvalue weighted by atomic mass is 10.0. The summed E-state index contributed by atoms with van der Waals surface area (Å²) in [7, 11) is 1.72. The molecule has 3 aromatic rings. The van der Waals surface area contributed by atoms with Gasteiger partial charge in [-0.25, -0.2) is 9.18 Å². The lowest BCUT2D eigenvalue weighted by Gasteiger charge is -2.25. The molecule has 0 spiro atoms. The van der Waals surface area contributed by atoms with E-state index in [1.54, 1.807) is 42.2 Å². The Morgan fingerprint density at radius 2 is 2.06 bits per heavy atom. The Morgan fingerprint density at radius 3 is 2.74 bits per heavy atom. The number of halogens is 2. The van der Waals surface area contributed by atoms with Crippen molar-refractivity contribution in [1.82, 2.24) is 20.0 Å². The molecule has 2 aliphatic heterocycles. The van der Waals surface area contributed by atoms with Crippen molar-refractivity contribution in [2.24, 2.45) is 7.05 Å². The van der Waals surface area contributed by atoms with Crippen molar-refractivity contribution in [3.63, 3.8) is 0 Å². The summed E-state index contributed by atoms with van der Waals surface area (Å²) in [5.74, 6) is -1.52. The minimum atomic E-state index is -0.717. The van der Waals surface area contributed by atoms with Crippen LogP contribution in [0.4, 0.5) is 9.18 Å². The van der Waals surface area contributed by atoms with Crippen molar-refractivity contribution in [2.45, 2.75) is 31.8 Å². The van der Waals surface area contributed by atoms with Crippen LogP contribution in [0.1, 0.15) is 35.2 Å². The highest BCUT2D eigenvalue weighted by atomic mass is 35.5. The summed E-state index contributed by atoms with van der Waals surface area (Å²) in [6.45, 7) is 1.75. The smallest absolute Gasteiger partial charge is 0.410 e. The molecule has 5 rings (SSSR count). The molecular formula is C25H26ClFN4O4. The van der Waals surface area contributed by atoms with E-state index in [1.807, 2.05) is 4.90 Å². The van der Waals surface area contributed by atoms with E-state index >= 15 is 0 Å². The van der Waals surface area contributed by atoms with Crippen LogP contribution in [-0.4, -0.2) is 51.0 Å². The number of phenols is 1. The number of aromatic nitrogens is 2. The van der Waals surface area contributed by atoms with Gasteiger partial charge in [-0.15, -0.1) is 0 Å². The minimum absolute atomic E-state index is 0.107. The molecule has 1 unspecified atom stereocenters. The molecule has 10 heteroatoms. The van der Waals surface area contributed by atoms with E-state index in [-0.39, 0.29) is 29.5 Å². The summed E-state index contributed by atoms with van der Waals surface area (Å²) < 4.78 is 20.8. The number of amides is 2. The Kier molecular flexibility index (Phi) is 7.55. The number of nitrogens with one attached hydrogen (secondary N) is 1. The number of nitrogens with zero attached hydrogens (tertiary/aromatic N) is 3. The van der Waals surface area contributed by atoms with Crippen LogP contribution in [0.5, 0.6) is 5.75 Å². The number of carbonyl (C=O) groups excluding carboxylic acids is 2. The molecule has 2 aromatic carbocycles. The van der Waals surface area contributed by atoms with Gasteiger partial charge in [0.25, 0.3) is 5.91 Å². The second-order valence-electron chi connectivity index (χ2n) is 8.48. The van der Waals surface area contributed by atoms with Gasteiger partial charge in [0.15, 0.2) is 0 Å². The molecule has 3 heterocycles. The Balaban J connectivity index is 0.000000239. The second kappa shape index (κ2) is 10.8. The van der Waals surface area contributed by atoms with Crippen molar-refractivity contribution in [1.29, 1.82) is 0 Å². The van der Waals surface area contributed by atoms with Crippen LogP contribution in [0.25, 0.3) is 11.1 Å². The van der Waals surface area contributed by atoms with Gasteiger partial charge in [-0.1, -0.05) is 23.7 Å². The van der Waals surface area contributed by atoms with Crippen molar-refractivity contribution in [3.05, 3.63) is 70.8 Å². The van der Waals surface area contributed by atoms with E-state index in [1.165, 1.54) is 12.6 Å². The second-order valence-corrected chi connectivity index (χ2v) is 8.92. The SMILES string of the molecule is Cn1cc(-c2cc(F)c(C(=O)NCc3ccc(Cl)cc3)cc2O)cn1.O=C1OCC2CCCCN12. The summed E-state index contributed by atoms with van der Waals surface area (Å²) in [6, 6.07) is 9.60. The van der Waals surface area contributed by atoms with Crippen molar-refractivity contribution in [2.75, 3.05) is 13.2 Å². The number of rotatable bonds is 4. The molecule has 0 bridgehead atoms. The molecule has 2 fully saturated rings. The summed E-state index contributed by atoms with van der Waals surface area (Å²) in [5, 5.41) is 17.3. The normalized spacial score (nSPS) is 16.7. The number of hydrogen-bond acceptors (Lipinski definition) is 5. The molecule has 2 amide bonds. The molecule has 8 nitrogen and oxygen atoms in total. The van der Waals surface area contributed by atoms with Crippen LogP contribution in [0.2, 0.25) is 5.02 Å². The van der Waals surface area contributed by atoms with Crippen LogP contribution in [0.15, 0.2) is 48.8 Å². The predicted molar refractivity (Wildman–Crippen MR) is 129 cm³/mol. The highest BCUT2D eigenvalue weighted by molar-refractivity contribution is 6.30. The molecule has 35 heavy (non-hydrogen) atoms. The lowest BCUT2D eigenvalue weighted by molar-refractivity contribution is 0.0946. The highest BCUT2D eigenvalue weighted by Gasteiger charge is 2.34. The number of carbonyl (C=O) groups is 2. The number of ether oxygens (including phenoxy) is 1. The highest BCUT2D eigenvalue weighted by Crippen LogP contribution is 2.31. The first-order valence-electron chi connectivity index (χ1n) is 11.3. The maximum absolute atomic E-state index is 14.3. The number of phenolic OH excluding ortho intramolecular Hbond substituents is 1. The van der Waals surface area contributed by atoms with Gasteiger partial charge in [-0.3, -0.25) is 9.48 Å². The molecular weight excluding hydrogens is 475 g/mol. The quantitative estimate of drug-likeness (QED) is 0.549. The van der Waals surface area contributed by atoms with Gasteiger partial charge in [0.1, 0.15) is 18.2 Å². The fourth-order valence-electron chi connectivity index (χ4n) is 4.07. The molecule has 1 atom stereocenters. The van der Waals surface area contributed by atoms with Crippen molar-refractivity contribution in [3.8, 4) is 16.9 Å². The van der Waals surface area contributed by atoms with Crippen molar-refractivity contribution >= 4 is 23.6 Å². The van der Waals surface area contributed by atoms with Crippen LogP contribution in [-0.2, 0) is 18.3 Å². The first-order valence-corrected chi connectivity index (χ1v) is 11.7. The predicted octanol–water partition coefficient (Wildman–Crippen LogP) is 4.51. The average molecular weight is 501 g/mol. The minimum Gasteiger partial charge on any atom is -0.507 e. The van der Waals surface area contributed by atoms with E-state index in [9.17, 15) is 19.1 Å². The third-order valence-electron chi connectivity index (χ3n) is 5.97. The van der Waals surface area contributed by atoms with Gasteiger partial charge >= 0.3 is 6.09 Å². The number of hydrogen-bond donors (Lipinski definition) is 2. The fourth-order valence-corrected chi connectivity index (χ4v) is 4.20. The molecule has 2 aliphatic rings. The van der Waals surface area contributed by atoms with E-state index in [0.29, 0.717) is 23.2 Å².